The van der Waals surface area contributed by atoms with E-state index >= 15 is 0 Å². The lowest BCUT2D eigenvalue weighted by molar-refractivity contribution is -0.119. The van der Waals surface area contributed by atoms with Gasteiger partial charge in [0.1, 0.15) is 11.5 Å². The molecule has 1 rings (SSSR count). The van der Waals surface area contributed by atoms with Crippen molar-refractivity contribution in [1.82, 2.24) is 0 Å². The molecule has 0 amide bonds. The number of hydrogen-bond acceptors (Lipinski definition) is 2. The summed E-state index contributed by atoms with van der Waals surface area (Å²) in [5.74, 6) is 0.861. The summed E-state index contributed by atoms with van der Waals surface area (Å²) in [6.07, 6.45) is 1.01. The molecule has 0 aliphatic rings. The molecule has 0 N–H and O–H groups in total. The molecule has 3 heteroatoms. The summed E-state index contributed by atoms with van der Waals surface area (Å²) < 4.78 is 5.44. The standard InChI is InChI=1S/C12H15ClO2/c1-3-10(14)6-7-15-12-8-9(2)4-5-11(12)13/h4-5,8H,3,6-7H2,1-2H3. The normalized spacial score (nSPS) is 10.1. The molecule has 0 atom stereocenters. The molecule has 0 unspecified atom stereocenters. The number of carbonyl (C=O) groups excluding carboxylic acids is 1. The average molecular weight is 227 g/mol. The van der Waals surface area contributed by atoms with E-state index in [4.69, 9.17) is 16.3 Å². The minimum atomic E-state index is 0.207. The van der Waals surface area contributed by atoms with Crippen molar-refractivity contribution in [2.24, 2.45) is 0 Å². The van der Waals surface area contributed by atoms with E-state index in [1.165, 1.54) is 0 Å². The molecule has 0 fully saturated rings. The second-order valence-electron chi connectivity index (χ2n) is 3.42. The van der Waals surface area contributed by atoms with E-state index in [-0.39, 0.29) is 5.78 Å². The van der Waals surface area contributed by atoms with Crippen molar-refractivity contribution >= 4 is 17.4 Å². The van der Waals surface area contributed by atoms with Crippen LogP contribution in [0.2, 0.25) is 5.02 Å². The smallest absolute Gasteiger partial charge is 0.138 e. The molecule has 0 saturated heterocycles. The van der Waals surface area contributed by atoms with Crippen molar-refractivity contribution in [3.05, 3.63) is 28.8 Å². The summed E-state index contributed by atoms with van der Waals surface area (Å²) in [5.41, 5.74) is 1.09. The quantitative estimate of drug-likeness (QED) is 0.769. The molecule has 0 radical (unpaired) electrons. The van der Waals surface area contributed by atoms with Crippen molar-refractivity contribution < 1.29 is 9.53 Å². The lowest BCUT2D eigenvalue weighted by Gasteiger charge is -2.07. The summed E-state index contributed by atoms with van der Waals surface area (Å²) in [4.78, 5) is 11.0. The molecule has 82 valence electrons. The average Bonchev–Trinajstić information content (AvgIpc) is 2.23. The van der Waals surface area contributed by atoms with Crippen LogP contribution in [0.4, 0.5) is 0 Å². The molecule has 0 bridgehead atoms. The first-order chi connectivity index (χ1) is 7.13. The topological polar surface area (TPSA) is 26.3 Å². The Bertz CT molecular complexity index is 347. The van der Waals surface area contributed by atoms with Gasteiger partial charge in [-0.1, -0.05) is 24.6 Å². The van der Waals surface area contributed by atoms with Crippen LogP contribution in [-0.4, -0.2) is 12.4 Å². The third-order valence-electron chi connectivity index (χ3n) is 2.12. The van der Waals surface area contributed by atoms with Gasteiger partial charge in [0.2, 0.25) is 0 Å². The van der Waals surface area contributed by atoms with Crippen LogP contribution in [0, 0.1) is 6.92 Å². The van der Waals surface area contributed by atoms with Crippen LogP contribution in [0.5, 0.6) is 5.75 Å². The third kappa shape index (κ3) is 3.92. The van der Waals surface area contributed by atoms with Crippen LogP contribution in [0.15, 0.2) is 18.2 Å². The minimum absolute atomic E-state index is 0.207. The minimum Gasteiger partial charge on any atom is -0.492 e. The molecule has 0 heterocycles. The van der Waals surface area contributed by atoms with Crippen molar-refractivity contribution in [1.29, 1.82) is 0 Å². The van der Waals surface area contributed by atoms with Gasteiger partial charge in [-0.25, -0.2) is 0 Å². The molecule has 1 aromatic carbocycles. The van der Waals surface area contributed by atoms with E-state index in [1.54, 1.807) is 6.07 Å². The third-order valence-corrected chi connectivity index (χ3v) is 2.43. The molecule has 0 aliphatic heterocycles. The first kappa shape index (κ1) is 12.1. The van der Waals surface area contributed by atoms with Crippen molar-refractivity contribution in [3.63, 3.8) is 0 Å². The Kier molecular flexibility index (Phi) is 4.63. The molecule has 0 aliphatic carbocycles. The van der Waals surface area contributed by atoms with Crippen LogP contribution in [-0.2, 0) is 4.79 Å². The molecule has 2 nitrogen and oxygen atoms in total. The predicted molar refractivity (Wildman–Crippen MR) is 61.6 cm³/mol. The van der Waals surface area contributed by atoms with Gasteiger partial charge >= 0.3 is 0 Å². The highest BCUT2D eigenvalue weighted by Gasteiger charge is 2.03. The van der Waals surface area contributed by atoms with Gasteiger partial charge in [0.15, 0.2) is 0 Å². The highest BCUT2D eigenvalue weighted by Crippen LogP contribution is 2.25. The van der Waals surface area contributed by atoms with Gasteiger partial charge in [-0.05, 0) is 24.6 Å². The number of ketones is 1. The SMILES string of the molecule is CCC(=O)CCOc1cc(C)ccc1Cl. The Labute approximate surface area is 95.2 Å². The van der Waals surface area contributed by atoms with Gasteiger partial charge in [-0.2, -0.15) is 0 Å². The zero-order chi connectivity index (χ0) is 11.3. The van der Waals surface area contributed by atoms with Crippen LogP contribution >= 0.6 is 11.6 Å². The van der Waals surface area contributed by atoms with Crippen molar-refractivity contribution in [2.45, 2.75) is 26.7 Å². The Morgan fingerprint density at radius 2 is 2.20 bits per heavy atom. The van der Waals surface area contributed by atoms with Gasteiger partial charge in [0.05, 0.1) is 11.6 Å². The van der Waals surface area contributed by atoms with Crippen LogP contribution < -0.4 is 4.74 Å². The number of aryl methyl sites for hydroxylation is 1. The molecular weight excluding hydrogens is 212 g/mol. The zero-order valence-electron chi connectivity index (χ0n) is 9.05. The van der Waals surface area contributed by atoms with Gasteiger partial charge in [0, 0.05) is 12.8 Å². The van der Waals surface area contributed by atoms with Crippen molar-refractivity contribution in [2.75, 3.05) is 6.61 Å². The summed E-state index contributed by atoms with van der Waals surface area (Å²) in [6.45, 7) is 4.22. The zero-order valence-corrected chi connectivity index (χ0v) is 9.80. The molecule has 0 saturated carbocycles. The van der Waals surface area contributed by atoms with E-state index in [0.717, 1.165) is 5.56 Å². The Balaban J connectivity index is 2.50. The lowest BCUT2D eigenvalue weighted by Crippen LogP contribution is -2.05. The molecule has 1 aromatic rings. The van der Waals surface area contributed by atoms with Gasteiger partial charge in [0.25, 0.3) is 0 Å². The summed E-state index contributed by atoms with van der Waals surface area (Å²) in [6, 6.07) is 5.60. The van der Waals surface area contributed by atoms with Crippen LogP contribution in [0.25, 0.3) is 0 Å². The Morgan fingerprint density at radius 1 is 1.47 bits per heavy atom. The number of halogens is 1. The predicted octanol–water partition coefficient (Wildman–Crippen LogP) is 3.40. The fourth-order valence-corrected chi connectivity index (χ4v) is 1.34. The van der Waals surface area contributed by atoms with E-state index in [2.05, 4.69) is 0 Å². The second kappa shape index (κ2) is 5.76. The highest BCUT2D eigenvalue weighted by atomic mass is 35.5. The van der Waals surface area contributed by atoms with Crippen molar-refractivity contribution in [3.8, 4) is 5.75 Å². The van der Waals surface area contributed by atoms with E-state index in [0.29, 0.717) is 30.2 Å². The molecule has 0 aromatic heterocycles. The Hall–Kier alpha value is -1.02. The number of carbonyl (C=O) groups is 1. The van der Waals surface area contributed by atoms with E-state index < -0.39 is 0 Å². The summed E-state index contributed by atoms with van der Waals surface area (Å²) >= 11 is 5.94. The Morgan fingerprint density at radius 3 is 2.87 bits per heavy atom. The number of rotatable bonds is 5. The fraction of sp³-hybridized carbons (Fsp3) is 0.417. The first-order valence-electron chi connectivity index (χ1n) is 5.04. The molecular formula is C12H15ClO2. The number of Topliss-reactive ketones (excluding diaryl/α,β-unsaturated/α-hetero) is 1. The lowest BCUT2D eigenvalue weighted by atomic mass is 10.2. The highest BCUT2D eigenvalue weighted by molar-refractivity contribution is 6.32. The van der Waals surface area contributed by atoms with Gasteiger partial charge in [-0.3, -0.25) is 4.79 Å². The van der Waals surface area contributed by atoms with Gasteiger partial charge in [-0.15, -0.1) is 0 Å². The summed E-state index contributed by atoms with van der Waals surface area (Å²) in [5, 5.41) is 0.588. The monoisotopic (exact) mass is 226 g/mol. The number of benzene rings is 1. The largest absolute Gasteiger partial charge is 0.492 e. The fourth-order valence-electron chi connectivity index (χ4n) is 1.17. The number of hydrogen-bond donors (Lipinski definition) is 0. The first-order valence-corrected chi connectivity index (χ1v) is 5.42. The second-order valence-corrected chi connectivity index (χ2v) is 3.83. The number of ether oxygens (including phenoxy) is 1. The van der Waals surface area contributed by atoms with E-state index in [9.17, 15) is 4.79 Å². The molecule has 0 spiro atoms. The van der Waals surface area contributed by atoms with Crippen LogP contribution in [0.3, 0.4) is 0 Å². The maximum absolute atomic E-state index is 11.0. The van der Waals surface area contributed by atoms with E-state index in [1.807, 2.05) is 26.0 Å². The maximum Gasteiger partial charge on any atom is 0.138 e. The molecule has 15 heavy (non-hydrogen) atoms. The maximum atomic E-state index is 11.0. The van der Waals surface area contributed by atoms with Gasteiger partial charge < -0.3 is 4.74 Å². The summed E-state index contributed by atoms with van der Waals surface area (Å²) in [7, 11) is 0. The van der Waals surface area contributed by atoms with Crippen LogP contribution in [0.1, 0.15) is 25.3 Å².